The molecular formula is C15H21ClN2. The summed E-state index contributed by atoms with van der Waals surface area (Å²) in [6.45, 7) is 4.09. The van der Waals surface area contributed by atoms with Gasteiger partial charge in [0.05, 0.1) is 0 Å². The van der Waals surface area contributed by atoms with E-state index >= 15 is 0 Å². The number of benzene rings is 1. The SMILES string of the molecule is NCc1ccc(CN2CC3CCCC3C2)c(Cl)c1. The summed E-state index contributed by atoms with van der Waals surface area (Å²) in [5, 5.41) is 0.870. The van der Waals surface area contributed by atoms with E-state index < -0.39 is 0 Å². The first-order chi connectivity index (χ1) is 8.76. The number of hydrogen-bond acceptors (Lipinski definition) is 2. The van der Waals surface area contributed by atoms with Gasteiger partial charge in [0.1, 0.15) is 0 Å². The molecule has 0 radical (unpaired) electrons. The van der Waals surface area contributed by atoms with Crippen LogP contribution in [0.3, 0.4) is 0 Å². The molecule has 2 fully saturated rings. The van der Waals surface area contributed by atoms with E-state index in [1.165, 1.54) is 37.9 Å². The molecule has 98 valence electrons. The molecule has 1 aromatic rings. The molecule has 3 heteroatoms. The quantitative estimate of drug-likeness (QED) is 0.909. The molecule has 1 aliphatic heterocycles. The van der Waals surface area contributed by atoms with Crippen LogP contribution in [0.15, 0.2) is 18.2 Å². The summed E-state index contributed by atoms with van der Waals surface area (Å²) in [7, 11) is 0. The topological polar surface area (TPSA) is 29.3 Å². The molecule has 2 aliphatic rings. The Balaban J connectivity index is 1.66. The van der Waals surface area contributed by atoms with Crippen molar-refractivity contribution in [2.45, 2.75) is 32.4 Å². The summed E-state index contributed by atoms with van der Waals surface area (Å²) >= 11 is 6.33. The molecule has 2 unspecified atom stereocenters. The van der Waals surface area contributed by atoms with Crippen LogP contribution in [0.2, 0.25) is 5.02 Å². The molecule has 0 amide bonds. The Bertz CT molecular complexity index is 421. The lowest BCUT2D eigenvalue weighted by molar-refractivity contribution is 0.303. The first-order valence-electron chi connectivity index (χ1n) is 6.96. The molecular weight excluding hydrogens is 244 g/mol. The van der Waals surface area contributed by atoms with Gasteiger partial charge in [0, 0.05) is 31.2 Å². The Morgan fingerprint density at radius 3 is 2.56 bits per heavy atom. The number of halogens is 1. The molecule has 2 nitrogen and oxygen atoms in total. The van der Waals surface area contributed by atoms with Gasteiger partial charge in [-0.05, 0) is 41.9 Å². The molecule has 0 aromatic heterocycles. The highest BCUT2D eigenvalue weighted by Crippen LogP contribution is 2.38. The minimum absolute atomic E-state index is 0.563. The molecule has 2 atom stereocenters. The van der Waals surface area contributed by atoms with Crippen molar-refractivity contribution >= 4 is 11.6 Å². The van der Waals surface area contributed by atoms with Gasteiger partial charge in [-0.1, -0.05) is 30.2 Å². The van der Waals surface area contributed by atoms with Crippen LogP contribution in [0, 0.1) is 11.8 Å². The molecule has 3 rings (SSSR count). The second-order valence-electron chi connectivity index (χ2n) is 5.78. The zero-order valence-electron chi connectivity index (χ0n) is 10.7. The van der Waals surface area contributed by atoms with E-state index in [1.807, 2.05) is 6.07 Å². The summed E-state index contributed by atoms with van der Waals surface area (Å²) in [4.78, 5) is 2.57. The first-order valence-corrected chi connectivity index (χ1v) is 7.34. The fraction of sp³-hybridized carbons (Fsp3) is 0.600. The van der Waals surface area contributed by atoms with Crippen molar-refractivity contribution in [3.8, 4) is 0 Å². The van der Waals surface area contributed by atoms with Gasteiger partial charge in [0.25, 0.3) is 0 Å². The van der Waals surface area contributed by atoms with E-state index in [0.29, 0.717) is 6.54 Å². The van der Waals surface area contributed by atoms with E-state index in [-0.39, 0.29) is 0 Å². The molecule has 1 aliphatic carbocycles. The van der Waals surface area contributed by atoms with Crippen molar-refractivity contribution in [3.05, 3.63) is 34.3 Å². The van der Waals surface area contributed by atoms with Crippen LogP contribution in [0.5, 0.6) is 0 Å². The second-order valence-corrected chi connectivity index (χ2v) is 6.18. The Morgan fingerprint density at radius 1 is 1.22 bits per heavy atom. The van der Waals surface area contributed by atoms with E-state index in [1.54, 1.807) is 0 Å². The molecule has 2 N–H and O–H groups in total. The molecule has 1 aromatic carbocycles. The van der Waals surface area contributed by atoms with Crippen LogP contribution in [0.1, 0.15) is 30.4 Å². The van der Waals surface area contributed by atoms with Crippen LogP contribution in [0.4, 0.5) is 0 Å². The third-order valence-corrected chi connectivity index (χ3v) is 4.90. The van der Waals surface area contributed by atoms with Crippen molar-refractivity contribution in [2.24, 2.45) is 17.6 Å². The van der Waals surface area contributed by atoms with Crippen molar-refractivity contribution in [2.75, 3.05) is 13.1 Å². The average Bonchev–Trinajstić information content (AvgIpc) is 2.92. The second kappa shape index (κ2) is 5.20. The van der Waals surface area contributed by atoms with Crippen molar-refractivity contribution in [3.63, 3.8) is 0 Å². The van der Waals surface area contributed by atoms with Gasteiger partial charge in [-0.2, -0.15) is 0 Å². The number of nitrogens with two attached hydrogens (primary N) is 1. The Morgan fingerprint density at radius 2 is 1.94 bits per heavy atom. The van der Waals surface area contributed by atoms with Gasteiger partial charge >= 0.3 is 0 Å². The predicted octanol–water partition coefficient (Wildman–Crippen LogP) is 3.03. The molecule has 1 heterocycles. The largest absolute Gasteiger partial charge is 0.326 e. The molecule has 0 spiro atoms. The normalized spacial score (nSPS) is 27.7. The fourth-order valence-electron chi connectivity index (χ4n) is 3.55. The zero-order chi connectivity index (χ0) is 12.5. The number of hydrogen-bond donors (Lipinski definition) is 1. The highest BCUT2D eigenvalue weighted by molar-refractivity contribution is 6.31. The predicted molar refractivity (Wildman–Crippen MR) is 75.5 cm³/mol. The van der Waals surface area contributed by atoms with E-state index in [2.05, 4.69) is 17.0 Å². The number of rotatable bonds is 3. The van der Waals surface area contributed by atoms with Gasteiger partial charge < -0.3 is 5.73 Å². The van der Waals surface area contributed by atoms with Crippen LogP contribution >= 0.6 is 11.6 Å². The van der Waals surface area contributed by atoms with Gasteiger partial charge in [-0.3, -0.25) is 4.90 Å². The monoisotopic (exact) mass is 264 g/mol. The van der Waals surface area contributed by atoms with Crippen molar-refractivity contribution in [1.29, 1.82) is 0 Å². The maximum Gasteiger partial charge on any atom is 0.0454 e. The van der Waals surface area contributed by atoms with Crippen LogP contribution in [0.25, 0.3) is 0 Å². The first kappa shape index (κ1) is 12.5. The van der Waals surface area contributed by atoms with Gasteiger partial charge in [0.15, 0.2) is 0 Å². The summed E-state index contributed by atoms with van der Waals surface area (Å²) in [5.74, 6) is 1.90. The Hall–Kier alpha value is -0.570. The number of fused-ring (bicyclic) bond motifs is 1. The van der Waals surface area contributed by atoms with E-state index in [9.17, 15) is 0 Å². The lowest BCUT2D eigenvalue weighted by Crippen LogP contribution is -2.21. The minimum atomic E-state index is 0.563. The van der Waals surface area contributed by atoms with Gasteiger partial charge in [-0.25, -0.2) is 0 Å². The third kappa shape index (κ3) is 2.42. The average molecular weight is 265 g/mol. The van der Waals surface area contributed by atoms with Gasteiger partial charge in [0.2, 0.25) is 0 Å². The number of nitrogens with zero attached hydrogens (tertiary/aromatic N) is 1. The smallest absolute Gasteiger partial charge is 0.0454 e. The summed E-state index contributed by atoms with van der Waals surface area (Å²) in [6.07, 6.45) is 4.30. The Kier molecular flexibility index (Phi) is 3.60. The van der Waals surface area contributed by atoms with Crippen molar-refractivity contribution < 1.29 is 0 Å². The summed E-state index contributed by atoms with van der Waals surface area (Å²) in [5.41, 5.74) is 7.98. The third-order valence-electron chi connectivity index (χ3n) is 4.55. The van der Waals surface area contributed by atoms with Crippen LogP contribution in [-0.4, -0.2) is 18.0 Å². The maximum absolute atomic E-state index is 6.33. The van der Waals surface area contributed by atoms with E-state index in [0.717, 1.165) is 29.0 Å². The molecule has 18 heavy (non-hydrogen) atoms. The lowest BCUT2D eigenvalue weighted by Gasteiger charge is -2.18. The zero-order valence-corrected chi connectivity index (χ0v) is 11.5. The maximum atomic E-state index is 6.33. The summed E-state index contributed by atoms with van der Waals surface area (Å²) in [6, 6.07) is 6.24. The Labute approximate surface area is 114 Å². The fourth-order valence-corrected chi connectivity index (χ4v) is 3.81. The summed E-state index contributed by atoms with van der Waals surface area (Å²) < 4.78 is 0. The van der Waals surface area contributed by atoms with Crippen molar-refractivity contribution in [1.82, 2.24) is 4.90 Å². The molecule has 1 saturated heterocycles. The lowest BCUT2D eigenvalue weighted by atomic mass is 10.0. The van der Waals surface area contributed by atoms with Gasteiger partial charge in [-0.15, -0.1) is 0 Å². The molecule has 0 bridgehead atoms. The minimum Gasteiger partial charge on any atom is -0.326 e. The van der Waals surface area contributed by atoms with Crippen LogP contribution in [-0.2, 0) is 13.1 Å². The molecule has 1 saturated carbocycles. The van der Waals surface area contributed by atoms with E-state index in [4.69, 9.17) is 17.3 Å². The highest BCUT2D eigenvalue weighted by Gasteiger charge is 2.35. The number of likely N-dealkylation sites (tertiary alicyclic amines) is 1. The van der Waals surface area contributed by atoms with Crippen LogP contribution < -0.4 is 5.73 Å². The highest BCUT2D eigenvalue weighted by atomic mass is 35.5. The standard InChI is InChI=1S/C15H21ClN2/c16-15-6-11(7-17)4-5-14(15)10-18-8-12-2-1-3-13(12)9-18/h4-6,12-13H,1-3,7-10,17H2.